The fourth-order valence-corrected chi connectivity index (χ4v) is 1.71. The number of ether oxygens (including phenoxy) is 2. The average Bonchev–Trinajstić information content (AvgIpc) is 2.46. The van der Waals surface area contributed by atoms with Crippen molar-refractivity contribution in [3.8, 4) is 11.5 Å². The zero-order chi connectivity index (χ0) is 15.1. The number of likely N-dealkylation sites (N-methyl/N-ethyl adjacent to an activating group) is 1. The van der Waals surface area contributed by atoms with Gasteiger partial charge in [-0.15, -0.1) is 0 Å². The number of amides is 1. The van der Waals surface area contributed by atoms with Gasteiger partial charge in [-0.2, -0.15) is 0 Å². The van der Waals surface area contributed by atoms with Gasteiger partial charge in [-0.1, -0.05) is 6.07 Å². The first-order valence-electron chi connectivity index (χ1n) is 6.66. The van der Waals surface area contributed by atoms with Gasteiger partial charge in [0.05, 0.1) is 20.8 Å². The summed E-state index contributed by atoms with van der Waals surface area (Å²) in [6, 6.07) is 5.85. The van der Waals surface area contributed by atoms with Crippen LogP contribution in [0.4, 0.5) is 0 Å². The van der Waals surface area contributed by atoms with Crippen LogP contribution in [-0.2, 0) is 11.3 Å². The molecule has 0 radical (unpaired) electrons. The van der Waals surface area contributed by atoms with E-state index in [9.17, 15) is 4.79 Å². The normalized spacial score (nSPS) is 10.5. The molecule has 0 aromatic heterocycles. The minimum Gasteiger partial charge on any atom is -0.497 e. The van der Waals surface area contributed by atoms with Gasteiger partial charge in [0.2, 0.25) is 5.91 Å². The van der Waals surface area contributed by atoms with Crippen molar-refractivity contribution < 1.29 is 14.3 Å². The zero-order valence-corrected chi connectivity index (χ0v) is 12.9. The van der Waals surface area contributed by atoms with E-state index in [0.29, 0.717) is 13.1 Å². The first-order valence-corrected chi connectivity index (χ1v) is 6.66. The second kappa shape index (κ2) is 7.75. The smallest absolute Gasteiger partial charge is 0.236 e. The van der Waals surface area contributed by atoms with E-state index in [1.165, 1.54) is 0 Å². The fourth-order valence-electron chi connectivity index (χ4n) is 1.71. The molecule has 1 rings (SSSR count). The molecular weight excluding hydrogens is 256 g/mol. The van der Waals surface area contributed by atoms with Crippen molar-refractivity contribution in [2.75, 3.05) is 27.8 Å². The summed E-state index contributed by atoms with van der Waals surface area (Å²) in [6.07, 6.45) is 0. The largest absolute Gasteiger partial charge is 0.497 e. The average molecular weight is 280 g/mol. The molecule has 0 bridgehead atoms. The number of hydrogen-bond acceptors (Lipinski definition) is 4. The summed E-state index contributed by atoms with van der Waals surface area (Å²) in [5, 5.41) is 3.14. The minimum absolute atomic E-state index is 0.0764. The molecule has 0 aliphatic carbocycles. The Kier molecular flexibility index (Phi) is 6.31. The highest BCUT2D eigenvalue weighted by atomic mass is 16.5. The number of carbonyl (C=O) groups excluding carboxylic acids is 1. The van der Waals surface area contributed by atoms with E-state index < -0.39 is 0 Å². The second-order valence-corrected chi connectivity index (χ2v) is 4.88. The van der Waals surface area contributed by atoms with Crippen LogP contribution < -0.4 is 14.8 Å². The van der Waals surface area contributed by atoms with Crippen molar-refractivity contribution >= 4 is 5.91 Å². The number of carbonyl (C=O) groups is 1. The molecule has 0 saturated heterocycles. The van der Waals surface area contributed by atoms with E-state index in [4.69, 9.17) is 9.47 Å². The Labute approximate surface area is 120 Å². The first-order chi connectivity index (χ1) is 9.49. The number of hydrogen-bond donors (Lipinski definition) is 1. The van der Waals surface area contributed by atoms with Gasteiger partial charge in [-0.3, -0.25) is 4.79 Å². The van der Waals surface area contributed by atoms with Gasteiger partial charge in [-0.25, -0.2) is 0 Å². The quantitative estimate of drug-likeness (QED) is 0.825. The predicted molar refractivity (Wildman–Crippen MR) is 79.2 cm³/mol. The molecule has 1 amide bonds. The molecule has 0 aliphatic heterocycles. The Hall–Kier alpha value is -1.75. The highest BCUT2D eigenvalue weighted by Gasteiger charge is 2.11. The van der Waals surface area contributed by atoms with Crippen LogP contribution in [-0.4, -0.2) is 44.7 Å². The van der Waals surface area contributed by atoms with Crippen molar-refractivity contribution in [3.05, 3.63) is 23.8 Å². The molecule has 1 aromatic rings. The van der Waals surface area contributed by atoms with E-state index >= 15 is 0 Å². The van der Waals surface area contributed by atoms with Crippen LogP contribution in [0, 0.1) is 0 Å². The SMILES string of the molecule is COc1ccc(CNCC(=O)N(C)C(C)C)c(OC)c1. The zero-order valence-electron chi connectivity index (χ0n) is 12.9. The van der Waals surface area contributed by atoms with Crippen molar-refractivity contribution in [1.29, 1.82) is 0 Å². The summed E-state index contributed by atoms with van der Waals surface area (Å²) in [5.41, 5.74) is 0.994. The van der Waals surface area contributed by atoms with E-state index in [-0.39, 0.29) is 11.9 Å². The molecule has 0 aliphatic rings. The second-order valence-electron chi connectivity index (χ2n) is 4.88. The highest BCUT2D eigenvalue weighted by Crippen LogP contribution is 2.24. The molecule has 0 saturated carbocycles. The molecule has 0 heterocycles. The Balaban J connectivity index is 2.56. The van der Waals surface area contributed by atoms with Gasteiger partial charge in [0, 0.05) is 31.3 Å². The Morgan fingerprint density at radius 3 is 2.55 bits per heavy atom. The molecule has 5 heteroatoms. The molecular formula is C15H24N2O3. The monoisotopic (exact) mass is 280 g/mol. The number of nitrogens with one attached hydrogen (secondary N) is 1. The van der Waals surface area contributed by atoms with Crippen LogP contribution in [0.2, 0.25) is 0 Å². The lowest BCUT2D eigenvalue weighted by Gasteiger charge is -2.21. The van der Waals surface area contributed by atoms with Crippen molar-refractivity contribution in [3.63, 3.8) is 0 Å². The summed E-state index contributed by atoms with van der Waals surface area (Å²) in [7, 11) is 5.05. The van der Waals surface area contributed by atoms with Crippen LogP contribution >= 0.6 is 0 Å². The molecule has 1 N–H and O–H groups in total. The van der Waals surface area contributed by atoms with Gasteiger partial charge < -0.3 is 19.7 Å². The molecule has 0 unspecified atom stereocenters. The van der Waals surface area contributed by atoms with Gasteiger partial charge in [0.25, 0.3) is 0 Å². The van der Waals surface area contributed by atoms with Gasteiger partial charge in [0.1, 0.15) is 11.5 Å². The highest BCUT2D eigenvalue weighted by molar-refractivity contribution is 5.78. The lowest BCUT2D eigenvalue weighted by molar-refractivity contribution is -0.130. The van der Waals surface area contributed by atoms with E-state index in [2.05, 4.69) is 5.32 Å². The van der Waals surface area contributed by atoms with Crippen molar-refractivity contribution in [1.82, 2.24) is 10.2 Å². The van der Waals surface area contributed by atoms with Gasteiger partial charge >= 0.3 is 0 Å². The van der Waals surface area contributed by atoms with Crippen LogP contribution in [0.1, 0.15) is 19.4 Å². The fraction of sp³-hybridized carbons (Fsp3) is 0.533. The van der Waals surface area contributed by atoms with Crippen LogP contribution in [0.3, 0.4) is 0 Å². The lowest BCUT2D eigenvalue weighted by Crippen LogP contribution is -2.39. The van der Waals surface area contributed by atoms with Gasteiger partial charge in [-0.05, 0) is 19.9 Å². The molecule has 1 aromatic carbocycles. The maximum absolute atomic E-state index is 11.8. The molecule has 112 valence electrons. The maximum Gasteiger partial charge on any atom is 0.236 e. The number of benzene rings is 1. The van der Waals surface area contributed by atoms with Crippen LogP contribution in [0.25, 0.3) is 0 Å². The van der Waals surface area contributed by atoms with Gasteiger partial charge in [0.15, 0.2) is 0 Å². The number of rotatable bonds is 7. The molecule has 0 atom stereocenters. The lowest BCUT2D eigenvalue weighted by atomic mass is 10.2. The van der Waals surface area contributed by atoms with Crippen LogP contribution in [0.5, 0.6) is 11.5 Å². The standard InChI is InChI=1S/C15H24N2O3/c1-11(2)17(3)15(18)10-16-9-12-6-7-13(19-4)8-14(12)20-5/h6-8,11,16H,9-10H2,1-5H3. The van der Waals surface area contributed by atoms with Crippen molar-refractivity contribution in [2.24, 2.45) is 0 Å². The topological polar surface area (TPSA) is 50.8 Å². The third-order valence-corrected chi connectivity index (χ3v) is 3.25. The van der Waals surface area contributed by atoms with E-state index in [1.54, 1.807) is 19.1 Å². The minimum atomic E-state index is 0.0764. The summed E-state index contributed by atoms with van der Waals surface area (Å²) >= 11 is 0. The summed E-state index contributed by atoms with van der Waals surface area (Å²) in [6.45, 7) is 4.86. The van der Waals surface area contributed by atoms with Crippen LogP contribution in [0.15, 0.2) is 18.2 Å². The van der Waals surface area contributed by atoms with Crippen molar-refractivity contribution in [2.45, 2.75) is 26.4 Å². The molecule has 20 heavy (non-hydrogen) atoms. The number of nitrogens with zero attached hydrogens (tertiary/aromatic N) is 1. The Bertz CT molecular complexity index is 447. The molecule has 0 fully saturated rings. The molecule has 0 spiro atoms. The maximum atomic E-state index is 11.8. The third kappa shape index (κ3) is 4.42. The predicted octanol–water partition coefficient (Wildman–Crippen LogP) is 1.66. The Morgan fingerprint density at radius 1 is 1.30 bits per heavy atom. The third-order valence-electron chi connectivity index (χ3n) is 3.25. The summed E-state index contributed by atoms with van der Waals surface area (Å²) < 4.78 is 10.5. The first kappa shape index (κ1) is 16.3. The van der Waals surface area contributed by atoms with E-state index in [0.717, 1.165) is 17.1 Å². The number of methoxy groups -OCH3 is 2. The molecule has 5 nitrogen and oxygen atoms in total. The summed E-state index contributed by atoms with van der Waals surface area (Å²) in [4.78, 5) is 13.6. The Morgan fingerprint density at radius 2 is 2.00 bits per heavy atom. The summed E-state index contributed by atoms with van der Waals surface area (Å²) in [5.74, 6) is 1.58. The van der Waals surface area contributed by atoms with E-state index in [1.807, 2.05) is 39.1 Å².